The van der Waals surface area contributed by atoms with Crippen LogP contribution in [0, 0.1) is 0 Å². The SMILES string of the molecule is CCc1cc(C(=O)N2CCCC[C@H]2CCCOC)ccn1. The Balaban J connectivity index is 2.06. The van der Waals surface area contributed by atoms with Gasteiger partial charge in [0.25, 0.3) is 5.91 Å². The number of amides is 1. The van der Waals surface area contributed by atoms with E-state index in [0.717, 1.165) is 56.5 Å². The molecular weight excluding hydrogens is 264 g/mol. The largest absolute Gasteiger partial charge is 0.385 e. The van der Waals surface area contributed by atoms with E-state index in [1.165, 1.54) is 6.42 Å². The second-order valence-corrected chi connectivity index (χ2v) is 5.67. The molecule has 4 heteroatoms. The predicted octanol–water partition coefficient (Wildman–Crippen LogP) is 3.07. The van der Waals surface area contributed by atoms with Gasteiger partial charge in [0.05, 0.1) is 0 Å². The highest BCUT2D eigenvalue weighted by Crippen LogP contribution is 2.23. The van der Waals surface area contributed by atoms with Gasteiger partial charge in [0.15, 0.2) is 0 Å². The summed E-state index contributed by atoms with van der Waals surface area (Å²) in [5.74, 6) is 0.161. The van der Waals surface area contributed by atoms with Crippen LogP contribution in [0.4, 0.5) is 0 Å². The number of hydrogen-bond acceptors (Lipinski definition) is 3. The van der Waals surface area contributed by atoms with Crippen LogP contribution < -0.4 is 0 Å². The van der Waals surface area contributed by atoms with Crippen molar-refractivity contribution in [3.8, 4) is 0 Å². The summed E-state index contributed by atoms with van der Waals surface area (Å²) >= 11 is 0. The van der Waals surface area contributed by atoms with Gasteiger partial charge in [-0.05, 0) is 50.7 Å². The highest BCUT2D eigenvalue weighted by molar-refractivity contribution is 5.94. The maximum atomic E-state index is 12.8. The molecule has 1 atom stereocenters. The predicted molar refractivity (Wildman–Crippen MR) is 83.4 cm³/mol. The molecule has 1 aliphatic rings. The standard InChI is InChI=1S/C17H26N2O2/c1-3-15-13-14(9-10-18-15)17(20)19-11-5-4-7-16(19)8-6-12-21-2/h9-10,13,16H,3-8,11-12H2,1-2H3/t16-/m0/s1. The number of aryl methyl sites for hydroxylation is 1. The normalized spacial score (nSPS) is 18.8. The summed E-state index contributed by atoms with van der Waals surface area (Å²) in [6, 6.07) is 4.13. The summed E-state index contributed by atoms with van der Waals surface area (Å²) in [5, 5.41) is 0. The molecule has 116 valence electrons. The fourth-order valence-electron chi connectivity index (χ4n) is 3.00. The molecule has 0 aliphatic carbocycles. The second kappa shape index (κ2) is 8.13. The number of pyridine rings is 1. The van der Waals surface area contributed by atoms with Gasteiger partial charge in [-0.3, -0.25) is 9.78 Å². The number of hydrogen-bond donors (Lipinski definition) is 0. The van der Waals surface area contributed by atoms with Gasteiger partial charge in [-0.2, -0.15) is 0 Å². The number of methoxy groups -OCH3 is 1. The molecule has 1 saturated heterocycles. The van der Waals surface area contributed by atoms with Crippen LogP contribution >= 0.6 is 0 Å². The molecule has 2 rings (SSSR count). The van der Waals surface area contributed by atoms with E-state index in [4.69, 9.17) is 4.74 Å². The van der Waals surface area contributed by atoms with Crippen molar-refractivity contribution in [2.24, 2.45) is 0 Å². The summed E-state index contributed by atoms with van der Waals surface area (Å²) in [6.07, 6.45) is 8.10. The van der Waals surface area contributed by atoms with Crippen LogP contribution in [0.1, 0.15) is 55.1 Å². The molecule has 0 aromatic carbocycles. The topological polar surface area (TPSA) is 42.4 Å². The van der Waals surface area contributed by atoms with Gasteiger partial charge in [0.1, 0.15) is 0 Å². The van der Waals surface area contributed by atoms with Crippen LogP contribution in [-0.2, 0) is 11.2 Å². The molecule has 1 aliphatic heterocycles. The Kier molecular flexibility index (Phi) is 6.18. The summed E-state index contributed by atoms with van der Waals surface area (Å²) in [5.41, 5.74) is 1.76. The number of ether oxygens (including phenoxy) is 1. The first-order chi connectivity index (χ1) is 10.3. The van der Waals surface area contributed by atoms with Crippen molar-refractivity contribution in [2.75, 3.05) is 20.3 Å². The van der Waals surface area contributed by atoms with E-state index in [1.807, 2.05) is 12.1 Å². The molecule has 0 N–H and O–H groups in total. The van der Waals surface area contributed by atoms with Crippen molar-refractivity contribution in [1.29, 1.82) is 0 Å². The van der Waals surface area contributed by atoms with Gasteiger partial charge in [-0.15, -0.1) is 0 Å². The Morgan fingerprint density at radius 1 is 1.48 bits per heavy atom. The second-order valence-electron chi connectivity index (χ2n) is 5.67. The summed E-state index contributed by atoms with van der Waals surface area (Å²) in [4.78, 5) is 19.1. The van der Waals surface area contributed by atoms with Gasteiger partial charge >= 0.3 is 0 Å². The van der Waals surface area contributed by atoms with E-state index < -0.39 is 0 Å². The molecule has 1 amide bonds. The molecule has 0 unspecified atom stereocenters. The number of rotatable bonds is 6. The van der Waals surface area contributed by atoms with Gasteiger partial charge in [-0.25, -0.2) is 0 Å². The van der Waals surface area contributed by atoms with Gasteiger partial charge in [0, 0.05) is 43.8 Å². The Morgan fingerprint density at radius 3 is 3.10 bits per heavy atom. The van der Waals surface area contributed by atoms with Crippen molar-refractivity contribution < 1.29 is 9.53 Å². The molecule has 21 heavy (non-hydrogen) atoms. The highest BCUT2D eigenvalue weighted by atomic mass is 16.5. The molecule has 0 spiro atoms. The zero-order chi connectivity index (χ0) is 15.1. The van der Waals surface area contributed by atoms with Crippen LogP contribution in [0.15, 0.2) is 18.3 Å². The lowest BCUT2D eigenvalue weighted by Gasteiger charge is -2.36. The molecule has 0 saturated carbocycles. The van der Waals surface area contributed by atoms with Crippen molar-refractivity contribution in [2.45, 2.75) is 51.5 Å². The maximum absolute atomic E-state index is 12.8. The number of aromatic nitrogens is 1. The van der Waals surface area contributed by atoms with Crippen LogP contribution in [-0.4, -0.2) is 42.1 Å². The number of likely N-dealkylation sites (tertiary alicyclic amines) is 1. The molecule has 1 aromatic rings. The fourth-order valence-corrected chi connectivity index (χ4v) is 3.00. The summed E-state index contributed by atoms with van der Waals surface area (Å²) in [7, 11) is 1.73. The van der Waals surface area contributed by atoms with E-state index in [0.29, 0.717) is 6.04 Å². The average Bonchev–Trinajstić information content (AvgIpc) is 2.55. The molecule has 0 bridgehead atoms. The number of carbonyl (C=O) groups excluding carboxylic acids is 1. The van der Waals surface area contributed by atoms with E-state index >= 15 is 0 Å². The van der Waals surface area contributed by atoms with Gasteiger partial charge in [0.2, 0.25) is 0 Å². The summed E-state index contributed by atoms with van der Waals surface area (Å²) in [6.45, 7) is 3.71. The number of piperidine rings is 1. The van der Waals surface area contributed by atoms with Crippen LogP contribution in [0.5, 0.6) is 0 Å². The van der Waals surface area contributed by atoms with E-state index in [9.17, 15) is 4.79 Å². The third kappa shape index (κ3) is 4.27. The van der Waals surface area contributed by atoms with Gasteiger partial charge in [-0.1, -0.05) is 6.92 Å². The molecule has 4 nitrogen and oxygen atoms in total. The van der Waals surface area contributed by atoms with Crippen LogP contribution in [0.2, 0.25) is 0 Å². The van der Waals surface area contributed by atoms with E-state index in [-0.39, 0.29) is 5.91 Å². The van der Waals surface area contributed by atoms with Crippen molar-refractivity contribution in [1.82, 2.24) is 9.88 Å². The zero-order valence-corrected chi connectivity index (χ0v) is 13.2. The lowest BCUT2D eigenvalue weighted by molar-refractivity contribution is 0.0585. The summed E-state index contributed by atoms with van der Waals surface area (Å²) < 4.78 is 5.13. The number of nitrogens with zero attached hydrogens (tertiary/aromatic N) is 2. The Bertz CT molecular complexity index is 462. The minimum absolute atomic E-state index is 0.161. The monoisotopic (exact) mass is 290 g/mol. The Hall–Kier alpha value is -1.42. The van der Waals surface area contributed by atoms with Crippen molar-refractivity contribution in [3.63, 3.8) is 0 Å². The maximum Gasteiger partial charge on any atom is 0.254 e. The minimum Gasteiger partial charge on any atom is -0.385 e. The van der Waals surface area contributed by atoms with E-state index in [1.54, 1.807) is 13.3 Å². The lowest BCUT2D eigenvalue weighted by atomic mass is 9.97. The number of carbonyl (C=O) groups is 1. The first kappa shape index (κ1) is 16.0. The van der Waals surface area contributed by atoms with Gasteiger partial charge < -0.3 is 9.64 Å². The lowest BCUT2D eigenvalue weighted by Crippen LogP contribution is -2.43. The van der Waals surface area contributed by atoms with Crippen molar-refractivity contribution in [3.05, 3.63) is 29.6 Å². The average molecular weight is 290 g/mol. The molecule has 1 fully saturated rings. The molecule has 2 heterocycles. The van der Waals surface area contributed by atoms with Crippen LogP contribution in [0.25, 0.3) is 0 Å². The van der Waals surface area contributed by atoms with E-state index in [2.05, 4.69) is 16.8 Å². The first-order valence-corrected chi connectivity index (χ1v) is 8.01. The quantitative estimate of drug-likeness (QED) is 0.756. The zero-order valence-electron chi connectivity index (χ0n) is 13.2. The Labute approximate surface area is 127 Å². The Morgan fingerprint density at radius 2 is 2.33 bits per heavy atom. The first-order valence-electron chi connectivity index (χ1n) is 8.01. The third-order valence-electron chi connectivity index (χ3n) is 4.20. The molecule has 0 radical (unpaired) electrons. The smallest absolute Gasteiger partial charge is 0.254 e. The van der Waals surface area contributed by atoms with Crippen molar-refractivity contribution >= 4 is 5.91 Å². The minimum atomic E-state index is 0.161. The fraction of sp³-hybridized carbons (Fsp3) is 0.647. The highest BCUT2D eigenvalue weighted by Gasteiger charge is 2.27. The van der Waals surface area contributed by atoms with Crippen LogP contribution in [0.3, 0.4) is 0 Å². The molecule has 1 aromatic heterocycles. The molecular formula is C17H26N2O2. The third-order valence-corrected chi connectivity index (χ3v) is 4.20.